The highest BCUT2D eigenvalue weighted by Gasteiger charge is 2.35. The zero-order valence-corrected chi connectivity index (χ0v) is 14.5. The standard InChI is InChI=1S/C16H24N2O3S/c1-5-21-14-10-13(7-6-12(14)2)17-15(19)18-8-9-22(20)16(3,4)11-18/h6-7,10H,5,8-9,11H2,1-4H3,(H,17,19)/t22-/m0/s1. The molecular formula is C16H24N2O3S. The minimum Gasteiger partial charge on any atom is -0.494 e. The largest absolute Gasteiger partial charge is 0.494 e. The Morgan fingerprint density at radius 1 is 1.45 bits per heavy atom. The van der Waals surface area contributed by atoms with Crippen LogP contribution in [0.3, 0.4) is 0 Å². The van der Waals surface area contributed by atoms with Crippen LogP contribution in [-0.2, 0) is 10.8 Å². The van der Waals surface area contributed by atoms with Gasteiger partial charge in [-0.25, -0.2) is 4.79 Å². The van der Waals surface area contributed by atoms with Crippen molar-refractivity contribution >= 4 is 22.5 Å². The van der Waals surface area contributed by atoms with Crippen LogP contribution in [0.4, 0.5) is 10.5 Å². The Kier molecular flexibility index (Phi) is 5.11. The van der Waals surface area contributed by atoms with Gasteiger partial charge in [0.2, 0.25) is 0 Å². The molecule has 0 radical (unpaired) electrons. The van der Waals surface area contributed by atoms with Gasteiger partial charge in [-0.1, -0.05) is 6.07 Å². The number of amides is 2. The topological polar surface area (TPSA) is 58.6 Å². The summed E-state index contributed by atoms with van der Waals surface area (Å²) < 4.78 is 17.1. The molecule has 5 nitrogen and oxygen atoms in total. The Hall–Kier alpha value is -1.56. The van der Waals surface area contributed by atoms with E-state index in [0.717, 1.165) is 11.3 Å². The molecule has 0 aromatic heterocycles. The number of aryl methyl sites for hydroxylation is 1. The summed E-state index contributed by atoms with van der Waals surface area (Å²) >= 11 is 0. The molecule has 0 aliphatic carbocycles. The lowest BCUT2D eigenvalue weighted by atomic mass is 10.2. The zero-order valence-electron chi connectivity index (χ0n) is 13.6. The number of carbonyl (C=O) groups is 1. The third kappa shape index (κ3) is 3.80. The van der Waals surface area contributed by atoms with Gasteiger partial charge in [-0.3, -0.25) is 4.21 Å². The molecule has 2 amide bonds. The molecule has 1 aromatic rings. The van der Waals surface area contributed by atoms with E-state index in [1.165, 1.54) is 0 Å². The number of benzene rings is 1. The van der Waals surface area contributed by atoms with Crippen molar-refractivity contribution in [1.82, 2.24) is 4.90 Å². The first-order valence-corrected chi connectivity index (χ1v) is 8.83. The molecule has 0 bridgehead atoms. The molecular weight excluding hydrogens is 300 g/mol. The highest BCUT2D eigenvalue weighted by Crippen LogP contribution is 2.24. The van der Waals surface area contributed by atoms with E-state index in [-0.39, 0.29) is 10.8 Å². The number of hydrogen-bond donors (Lipinski definition) is 1. The first kappa shape index (κ1) is 16.8. The Bertz CT molecular complexity index is 587. The van der Waals surface area contributed by atoms with Crippen LogP contribution in [0.25, 0.3) is 0 Å². The molecule has 6 heteroatoms. The number of nitrogens with one attached hydrogen (secondary N) is 1. The third-order valence-corrected chi connectivity index (χ3v) is 5.68. The van der Waals surface area contributed by atoms with E-state index in [9.17, 15) is 9.00 Å². The van der Waals surface area contributed by atoms with E-state index < -0.39 is 10.8 Å². The van der Waals surface area contributed by atoms with E-state index >= 15 is 0 Å². The molecule has 0 unspecified atom stereocenters. The van der Waals surface area contributed by atoms with Gasteiger partial charge in [-0.05, 0) is 39.3 Å². The number of anilines is 1. The van der Waals surface area contributed by atoms with Gasteiger partial charge >= 0.3 is 6.03 Å². The van der Waals surface area contributed by atoms with Crippen LogP contribution in [0, 0.1) is 6.92 Å². The Morgan fingerprint density at radius 2 is 2.18 bits per heavy atom. The van der Waals surface area contributed by atoms with Crippen molar-refractivity contribution in [1.29, 1.82) is 0 Å². The molecule has 1 saturated heterocycles. The number of urea groups is 1. The fraction of sp³-hybridized carbons (Fsp3) is 0.562. The van der Waals surface area contributed by atoms with Crippen molar-refractivity contribution in [2.24, 2.45) is 0 Å². The molecule has 1 heterocycles. The van der Waals surface area contributed by atoms with Crippen LogP contribution in [0.1, 0.15) is 26.3 Å². The van der Waals surface area contributed by atoms with Gasteiger partial charge in [0.1, 0.15) is 5.75 Å². The predicted octanol–water partition coefficient (Wildman–Crippen LogP) is 2.77. The van der Waals surface area contributed by atoms with Gasteiger partial charge < -0.3 is 15.0 Å². The summed E-state index contributed by atoms with van der Waals surface area (Å²) in [6, 6.07) is 5.47. The van der Waals surface area contributed by atoms with E-state index in [0.29, 0.717) is 31.1 Å². The van der Waals surface area contributed by atoms with Gasteiger partial charge in [-0.15, -0.1) is 0 Å². The van der Waals surface area contributed by atoms with Crippen LogP contribution in [0.2, 0.25) is 0 Å². The predicted molar refractivity (Wildman–Crippen MR) is 90.0 cm³/mol. The highest BCUT2D eigenvalue weighted by molar-refractivity contribution is 7.86. The van der Waals surface area contributed by atoms with Crippen molar-refractivity contribution in [3.05, 3.63) is 23.8 Å². The number of nitrogens with zero attached hydrogens (tertiary/aromatic N) is 1. The highest BCUT2D eigenvalue weighted by atomic mass is 32.2. The van der Waals surface area contributed by atoms with Crippen LogP contribution < -0.4 is 10.1 Å². The second kappa shape index (κ2) is 6.69. The molecule has 1 N–H and O–H groups in total. The zero-order chi connectivity index (χ0) is 16.3. The quantitative estimate of drug-likeness (QED) is 0.930. The average Bonchev–Trinajstić information content (AvgIpc) is 2.45. The molecule has 1 atom stereocenters. The van der Waals surface area contributed by atoms with Crippen LogP contribution >= 0.6 is 0 Å². The van der Waals surface area contributed by atoms with E-state index in [4.69, 9.17) is 4.74 Å². The van der Waals surface area contributed by atoms with Gasteiger partial charge in [0.05, 0.1) is 11.4 Å². The molecule has 2 rings (SSSR count). The van der Waals surface area contributed by atoms with Crippen molar-refractivity contribution in [3.8, 4) is 5.75 Å². The third-order valence-electron chi connectivity index (χ3n) is 3.76. The second-order valence-electron chi connectivity index (χ2n) is 6.07. The van der Waals surface area contributed by atoms with Gasteiger partial charge in [0, 0.05) is 41.4 Å². The van der Waals surface area contributed by atoms with Crippen LogP contribution in [0.5, 0.6) is 5.75 Å². The minimum atomic E-state index is -0.885. The molecule has 0 spiro atoms. The maximum absolute atomic E-state index is 12.4. The smallest absolute Gasteiger partial charge is 0.321 e. The van der Waals surface area contributed by atoms with Crippen molar-refractivity contribution in [2.75, 3.05) is 30.8 Å². The summed E-state index contributed by atoms with van der Waals surface area (Å²) in [6.07, 6.45) is 0. The number of hydrogen-bond acceptors (Lipinski definition) is 3. The Morgan fingerprint density at radius 3 is 2.82 bits per heavy atom. The monoisotopic (exact) mass is 324 g/mol. The Labute approximate surface area is 134 Å². The molecule has 1 aliphatic heterocycles. The van der Waals surface area contributed by atoms with Gasteiger partial charge in [-0.2, -0.15) is 0 Å². The Balaban J connectivity index is 2.06. The summed E-state index contributed by atoms with van der Waals surface area (Å²) in [5.74, 6) is 1.30. The molecule has 1 aliphatic rings. The molecule has 122 valence electrons. The number of carbonyl (C=O) groups excluding carboxylic acids is 1. The summed E-state index contributed by atoms with van der Waals surface area (Å²) in [4.78, 5) is 14.1. The lowest BCUT2D eigenvalue weighted by Crippen LogP contribution is -2.53. The summed E-state index contributed by atoms with van der Waals surface area (Å²) in [5, 5.41) is 2.90. The molecule has 0 saturated carbocycles. The maximum atomic E-state index is 12.4. The van der Waals surface area contributed by atoms with Gasteiger partial charge in [0.15, 0.2) is 0 Å². The lowest BCUT2D eigenvalue weighted by Gasteiger charge is -2.37. The number of ether oxygens (including phenoxy) is 1. The van der Waals surface area contributed by atoms with Crippen molar-refractivity contribution in [2.45, 2.75) is 32.4 Å². The van der Waals surface area contributed by atoms with Crippen molar-refractivity contribution in [3.63, 3.8) is 0 Å². The average molecular weight is 324 g/mol. The summed E-state index contributed by atoms with van der Waals surface area (Å²) in [7, 11) is -0.885. The minimum absolute atomic E-state index is 0.156. The van der Waals surface area contributed by atoms with E-state index in [2.05, 4.69) is 5.32 Å². The molecule has 22 heavy (non-hydrogen) atoms. The SMILES string of the molecule is CCOc1cc(NC(=O)N2CC[S@](=O)C(C)(C)C2)ccc1C. The van der Waals surface area contributed by atoms with E-state index in [1.807, 2.05) is 45.9 Å². The van der Waals surface area contributed by atoms with Crippen LogP contribution in [-0.4, -0.2) is 45.3 Å². The van der Waals surface area contributed by atoms with E-state index in [1.54, 1.807) is 4.90 Å². The number of rotatable bonds is 3. The second-order valence-corrected chi connectivity index (χ2v) is 8.28. The van der Waals surface area contributed by atoms with Gasteiger partial charge in [0.25, 0.3) is 0 Å². The molecule has 1 aromatic carbocycles. The van der Waals surface area contributed by atoms with Crippen molar-refractivity contribution < 1.29 is 13.7 Å². The summed E-state index contributed by atoms with van der Waals surface area (Å²) in [6.45, 7) is 9.37. The lowest BCUT2D eigenvalue weighted by molar-refractivity contribution is 0.207. The molecule has 1 fully saturated rings. The normalized spacial score (nSPS) is 20.5. The summed E-state index contributed by atoms with van der Waals surface area (Å²) in [5.41, 5.74) is 1.75. The first-order valence-electron chi connectivity index (χ1n) is 7.51. The maximum Gasteiger partial charge on any atom is 0.321 e. The first-order chi connectivity index (χ1) is 10.3. The fourth-order valence-corrected chi connectivity index (χ4v) is 3.68. The van der Waals surface area contributed by atoms with Crippen LogP contribution in [0.15, 0.2) is 18.2 Å². The fourth-order valence-electron chi connectivity index (χ4n) is 2.44.